The molecule has 2 aromatic rings. The van der Waals surface area contributed by atoms with Crippen molar-refractivity contribution >= 4 is 17.5 Å². The van der Waals surface area contributed by atoms with Gasteiger partial charge in [-0.05, 0) is 43.1 Å². The molecule has 0 aliphatic carbocycles. The normalized spacial score (nSPS) is 15.9. The van der Waals surface area contributed by atoms with Crippen LogP contribution in [0.25, 0.3) is 11.3 Å². The molecule has 0 bridgehead atoms. The Balaban J connectivity index is 1.67. The molecule has 0 N–H and O–H groups in total. The third kappa shape index (κ3) is 4.63. The van der Waals surface area contributed by atoms with Crippen LogP contribution in [-0.2, 0) is 0 Å². The predicted octanol–water partition coefficient (Wildman–Crippen LogP) is 4.21. The summed E-state index contributed by atoms with van der Waals surface area (Å²) in [7, 11) is 0. The van der Waals surface area contributed by atoms with Gasteiger partial charge in [-0.3, -0.25) is 9.78 Å². The van der Waals surface area contributed by atoms with Gasteiger partial charge in [0, 0.05) is 43.5 Å². The first-order valence-electron chi connectivity index (χ1n) is 9.27. The van der Waals surface area contributed by atoms with Crippen LogP contribution in [0, 0.1) is 5.92 Å². The standard InChI is InChI=1S/C21H26ClN3O/c1-16(2)15-24-11-4-12-25(14-13-24)21(26)18-8-6-17(7-9-18)20-19(22)5-3-10-23-20/h3,5-10,16H,4,11-15H2,1-2H3. The Bertz CT molecular complexity index is 745. The van der Waals surface area contributed by atoms with Crippen molar-refractivity contribution in [2.24, 2.45) is 5.92 Å². The lowest BCUT2D eigenvalue weighted by atomic mass is 10.1. The van der Waals surface area contributed by atoms with Crippen LogP contribution in [0.4, 0.5) is 0 Å². The van der Waals surface area contributed by atoms with Crippen molar-refractivity contribution in [3.05, 3.63) is 53.2 Å². The molecule has 4 nitrogen and oxygen atoms in total. The van der Waals surface area contributed by atoms with E-state index in [1.54, 1.807) is 6.20 Å². The summed E-state index contributed by atoms with van der Waals surface area (Å²) < 4.78 is 0. The molecule has 1 aromatic carbocycles. The van der Waals surface area contributed by atoms with E-state index in [2.05, 4.69) is 23.7 Å². The number of nitrogens with zero attached hydrogens (tertiary/aromatic N) is 3. The molecule has 1 aromatic heterocycles. The van der Waals surface area contributed by atoms with Gasteiger partial charge >= 0.3 is 0 Å². The largest absolute Gasteiger partial charge is 0.337 e. The zero-order chi connectivity index (χ0) is 18.5. The number of aromatic nitrogens is 1. The Morgan fingerprint density at radius 3 is 2.58 bits per heavy atom. The summed E-state index contributed by atoms with van der Waals surface area (Å²) in [5.41, 5.74) is 2.39. The number of amides is 1. The van der Waals surface area contributed by atoms with Crippen molar-refractivity contribution in [3.63, 3.8) is 0 Å². The van der Waals surface area contributed by atoms with Crippen LogP contribution in [0.15, 0.2) is 42.6 Å². The number of hydrogen-bond acceptors (Lipinski definition) is 3. The van der Waals surface area contributed by atoms with E-state index in [1.165, 1.54) is 0 Å². The monoisotopic (exact) mass is 371 g/mol. The molecule has 1 aliphatic rings. The van der Waals surface area contributed by atoms with E-state index in [9.17, 15) is 4.79 Å². The van der Waals surface area contributed by atoms with Gasteiger partial charge in [-0.2, -0.15) is 0 Å². The molecule has 3 rings (SSSR count). The molecular weight excluding hydrogens is 346 g/mol. The van der Waals surface area contributed by atoms with Gasteiger partial charge < -0.3 is 9.80 Å². The summed E-state index contributed by atoms with van der Waals surface area (Å²) in [4.78, 5) is 21.6. The van der Waals surface area contributed by atoms with Crippen molar-refractivity contribution < 1.29 is 4.79 Å². The fraction of sp³-hybridized carbons (Fsp3) is 0.429. The Morgan fingerprint density at radius 1 is 1.12 bits per heavy atom. The van der Waals surface area contributed by atoms with Gasteiger partial charge in [-0.1, -0.05) is 37.6 Å². The van der Waals surface area contributed by atoms with Crippen LogP contribution in [0.5, 0.6) is 0 Å². The maximum Gasteiger partial charge on any atom is 0.253 e. The molecule has 0 saturated carbocycles. The Hall–Kier alpha value is -1.91. The summed E-state index contributed by atoms with van der Waals surface area (Å²) in [6.45, 7) is 9.21. The highest BCUT2D eigenvalue weighted by Crippen LogP contribution is 2.25. The minimum absolute atomic E-state index is 0.107. The number of rotatable bonds is 4. The van der Waals surface area contributed by atoms with E-state index in [4.69, 9.17) is 11.6 Å². The second kappa shape index (κ2) is 8.65. The summed E-state index contributed by atoms with van der Waals surface area (Å²) in [5, 5.41) is 0.615. The van der Waals surface area contributed by atoms with Gasteiger partial charge in [-0.15, -0.1) is 0 Å². The van der Waals surface area contributed by atoms with Crippen molar-refractivity contribution in [1.29, 1.82) is 0 Å². The molecule has 1 aliphatic heterocycles. The fourth-order valence-corrected chi connectivity index (χ4v) is 3.65. The van der Waals surface area contributed by atoms with Crippen LogP contribution in [-0.4, -0.2) is 53.4 Å². The highest BCUT2D eigenvalue weighted by atomic mass is 35.5. The number of hydrogen-bond donors (Lipinski definition) is 0. The summed E-state index contributed by atoms with van der Waals surface area (Å²) in [5.74, 6) is 0.762. The molecule has 0 spiro atoms. The number of pyridine rings is 1. The summed E-state index contributed by atoms with van der Waals surface area (Å²) >= 11 is 6.21. The van der Waals surface area contributed by atoms with Crippen molar-refractivity contribution in [2.75, 3.05) is 32.7 Å². The Labute approximate surface area is 160 Å². The van der Waals surface area contributed by atoms with Crippen molar-refractivity contribution in [1.82, 2.24) is 14.8 Å². The van der Waals surface area contributed by atoms with E-state index in [-0.39, 0.29) is 5.91 Å². The van der Waals surface area contributed by atoms with Crippen molar-refractivity contribution in [2.45, 2.75) is 20.3 Å². The lowest BCUT2D eigenvalue weighted by Crippen LogP contribution is -2.36. The molecule has 26 heavy (non-hydrogen) atoms. The molecule has 0 radical (unpaired) electrons. The summed E-state index contributed by atoms with van der Waals surface area (Å²) in [6.07, 6.45) is 2.75. The first-order chi connectivity index (χ1) is 12.5. The number of carbonyl (C=O) groups is 1. The molecule has 1 saturated heterocycles. The average Bonchev–Trinajstić information content (AvgIpc) is 2.87. The minimum Gasteiger partial charge on any atom is -0.337 e. The summed E-state index contributed by atoms with van der Waals surface area (Å²) in [6, 6.07) is 11.2. The third-order valence-electron chi connectivity index (χ3n) is 4.66. The van der Waals surface area contributed by atoms with Crippen LogP contribution in [0.3, 0.4) is 0 Å². The Kier molecular flexibility index (Phi) is 6.28. The second-order valence-electron chi connectivity index (χ2n) is 7.25. The van der Waals surface area contributed by atoms with Gasteiger partial charge in [-0.25, -0.2) is 0 Å². The van der Waals surface area contributed by atoms with Crippen LogP contribution in [0.2, 0.25) is 5.02 Å². The zero-order valence-corrected chi connectivity index (χ0v) is 16.2. The predicted molar refractivity (Wildman–Crippen MR) is 106 cm³/mol. The van der Waals surface area contributed by atoms with Crippen LogP contribution < -0.4 is 0 Å². The van der Waals surface area contributed by atoms with E-state index in [0.29, 0.717) is 10.9 Å². The third-order valence-corrected chi connectivity index (χ3v) is 4.97. The Morgan fingerprint density at radius 2 is 1.88 bits per heavy atom. The number of carbonyl (C=O) groups excluding carboxylic acids is 1. The topological polar surface area (TPSA) is 36.4 Å². The number of benzene rings is 1. The van der Waals surface area contributed by atoms with E-state index >= 15 is 0 Å². The smallest absolute Gasteiger partial charge is 0.253 e. The van der Waals surface area contributed by atoms with Gasteiger partial charge in [0.2, 0.25) is 0 Å². The molecule has 1 fully saturated rings. The van der Waals surface area contributed by atoms with Crippen LogP contribution in [0.1, 0.15) is 30.6 Å². The average molecular weight is 372 g/mol. The van der Waals surface area contributed by atoms with Crippen LogP contribution >= 0.6 is 11.6 Å². The van der Waals surface area contributed by atoms with Gasteiger partial charge in [0.25, 0.3) is 5.91 Å². The lowest BCUT2D eigenvalue weighted by molar-refractivity contribution is 0.0761. The zero-order valence-electron chi connectivity index (χ0n) is 15.5. The SMILES string of the molecule is CC(C)CN1CCCN(C(=O)c2ccc(-c3ncccc3Cl)cc2)CC1. The molecule has 1 amide bonds. The molecule has 5 heteroatoms. The highest BCUT2D eigenvalue weighted by Gasteiger charge is 2.20. The van der Waals surface area contributed by atoms with Gasteiger partial charge in [0.05, 0.1) is 10.7 Å². The van der Waals surface area contributed by atoms with E-state index in [1.807, 2.05) is 41.3 Å². The second-order valence-corrected chi connectivity index (χ2v) is 7.66. The maximum atomic E-state index is 12.9. The van der Waals surface area contributed by atoms with E-state index in [0.717, 1.165) is 56.0 Å². The molecule has 0 atom stereocenters. The fourth-order valence-electron chi connectivity index (χ4n) is 3.42. The van der Waals surface area contributed by atoms with Crippen molar-refractivity contribution in [3.8, 4) is 11.3 Å². The molecule has 2 heterocycles. The minimum atomic E-state index is 0.107. The maximum absolute atomic E-state index is 12.9. The highest BCUT2D eigenvalue weighted by molar-refractivity contribution is 6.33. The van der Waals surface area contributed by atoms with Gasteiger partial charge in [0.15, 0.2) is 0 Å². The molecular formula is C21H26ClN3O. The first kappa shape index (κ1) is 18.9. The quantitative estimate of drug-likeness (QED) is 0.807. The first-order valence-corrected chi connectivity index (χ1v) is 9.65. The molecule has 138 valence electrons. The van der Waals surface area contributed by atoms with E-state index < -0.39 is 0 Å². The van der Waals surface area contributed by atoms with Gasteiger partial charge in [0.1, 0.15) is 0 Å². The molecule has 0 unspecified atom stereocenters. The lowest BCUT2D eigenvalue weighted by Gasteiger charge is -2.23. The number of halogens is 1.